The average molecular weight is 260 g/mol. The number of hydrogen-bond donors (Lipinski definition) is 2. The minimum absolute atomic E-state index is 0.138. The van der Waals surface area contributed by atoms with Crippen LogP contribution in [0, 0.1) is 5.92 Å². The van der Waals surface area contributed by atoms with E-state index in [2.05, 4.69) is 36.6 Å². The second-order valence-corrected chi connectivity index (χ2v) is 5.54. The van der Waals surface area contributed by atoms with E-state index in [1.165, 1.54) is 5.56 Å². The van der Waals surface area contributed by atoms with Crippen molar-refractivity contribution in [3.63, 3.8) is 0 Å². The lowest BCUT2D eigenvalue weighted by atomic mass is 9.93. The number of amides is 1. The number of hydrogen-bond acceptors (Lipinski definition) is 2. The second-order valence-electron chi connectivity index (χ2n) is 5.54. The Hall–Kier alpha value is -1.35. The molecule has 1 aromatic rings. The van der Waals surface area contributed by atoms with E-state index in [0.29, 0.717) is 5.92 Å². The maximum Gasteiger partial charge on any atom is 0.224 e. The number of piperidine rings is 1. The summed E-state index contributed by atoms with van der Waals surface area (Å²) in [6.45, 7) is 6.11. The van der Waals surface area contributed by atoms with Gasteiger partial charge in [-0.25, -0.2) is 0 Å². The fourth-order valence-corrected chi connectivity index (χ4v) is 2.59. The van der Waals surface area contributed by atoms with Crippen molar-refractivity contribution in [2.75, 3.05) is 13.1 Å². The third kappa shape index (κ3) is 3.80. The smallest absolute Gasteiger partial charge is 0.224 e. The van der Waals surface area contributed by atoms with Crippen molar-refractivity contribution < 1.29 is 4.79 Å². The standard InChI is InChI=1S/C16H24N2O/c1-12(14-7-4-3-5-8-14)13(2)18-16(19)15-9-6-10-17-11-15/h3-5,7-8,12-13,15,17H,6,9-11H2,1-2H3,(H,18,19). The lowest BCUT2D eigenvalue weighted by Crippen LogP contribution is -2.44. The van der Waals surface area contributed by atoms with Crippen LogP contribution in [0.4, 0.5) is 0 Å². The van der Waals surface area contributed by atoms with Crippen LogP contribution in [-0.4, -0.2) is 25.0 Å². The second kappa shape index (κ2) is 6.71. The summed E-state index contributed by atoms with van der Waals surface area (Å²) in [5.41, 5.74) is 1.28. The molecule has 3 atom stereocenters. The molecule has 0 saturated carbocycles. The van der Waals surface area contributed by atoms with E-state index in [-0.39, 0.29) is 17.9 Å². The molecule has 104 valence electrons. The van der Waals surface area contributed by atoms with Crippen LogP contribution in [-0.2, 0) is 4.79 Å². The molecule has 3 unspecified atom stereocenters. The normalized spacial score (nSPS) is 22.5. The molecule has 1 saturated heterocycles. The Morgan fingerprint density at radius 3 is 2.68 bits per heavy atom. The molecule has 19 heavy (non-hydrogen) atoms. The zero-order chi connectivity index (χ0) is 13.7. The van der Waals surface area contributed by atoms with Crippen LogP contribution >= 0.6 is 0 Å². The average Bonchev–Trinajstić information content (AvgIpc) is 2.48. The monoisotopic (exact) mass is 260 g/mol. The van der Waals surface area contributed by atoms with E-state index >= 15 is 0 Å². The molecular formula is C16H24N2O. The van der Waals surface area contributed by atoms with Gasteiger partial charge in [0, 0.05) is 18.5 Å². The minimum Gasteiger partial charge on any atom is -0.353 e. The molecule has 1 amide bonds. The van der Waals surface area contributed by atoms with Crippen molar-refractivity contribution in [3.8, 4) is 0 Å². The highest BCUT2D eigenvalue weighted by Crippen LogP contribution is 2.19. The fraction of sp³-hybridized carbons (Fsp3) is 0.562. The van der Waals surface area contributed by atoms with E-state index in [9.17, 15) is 4.79 Å². The highest BCUT2D eigenvalue weighted by atomic mass is 16.2. The van der Waals surface area contributed by atoms with Crippen LogP contribution in [0.3, 0.4) is 0 Å². The van der Waals surface area contributed by atoms with Gasteiger partial charge in [-0.05, 0) is 31.9 Å². The van der Waals surface area contributed by atoms with E-state index in [0.717, 1.165) is 25.9 Å². The molecule has 1 aliphatic heterocycles. The quantitative estimate of drug-likeness (QED) is 0.872. The summed E-state index contributed by atoms with van der Waals surface area (Å²) >= 11 is 0. The zero-order valence-corrected chi connectivity index (χ0v) is 11.9. The van der Waals surface area contributed by atoms with Gasteiger partial charge in [-0.2, -0.15) is 0 Å². The predicted molar refractivity (Wildman–Crippen MR) is 78.1 cm³/mol. The first-order chi connectivity index (χ1) is 9.18. The van der Waals surface area contributed by atoms with Crippen molar-refractivity contribution in [1.29, 1.82) is 0 Å². The molecule has 0 radical (unpaired) electrons. The summed E-state index contributed by atoms with van der Waals surface area (Å²) in [5.74, 6) is 0.670. The van der Waals surface area contributed by atoms with Crippen LogP contribution < -0.4 is 10.6 Å². The molecule has 1 fully saturated rings. The van der Waals surface area contributed by atoms with Crippen LogP contribution in [0.15, 0.2) is 30.3 Å². The summed E-state index contributed by atoms with van der Waals surface area (Å²) in [6, 6.07) is 10.5. The van der Waals surface area contributed by atoms with Gasteiger partial charge in [0.2, 0.25) is 5.91 Å². The Morgan fingerprint density at radius 1 is 1.32 bits per heavy atom. The molecule has 0 spiro atoms. The Morgan fingerprint density at radius 2 is 2.05 bits per heavy atom. The van der Waals surface area contributed by atoms with Crippen molar-refractivity contribution in [2.24, 2.45) is 5.92 Å². The molecule has 0 aromatic heterocycles. The van der Waals surface area contributed by atoms with Gasteiger partial charge < -0.3 is 10.6 Å². The summed E-state index contributed by atoms with van der Waals surface area (Å²) in [4.78, 5) is 12.2. The first-order valence-corrected chi connectivity index (χ1v) is 7.24. The zero-order valence-electron chi connectivity index (χ0n) is 11.9. The number of nitrogens with one attached hydrogen (secondary N) is 2. The van der Waals surface area contributed by atoms with Crippen molar-refractivity contribution >= 4 is 5.91 Å². The summed E-state index contributed by atoms with van der Waals surface area (Å²) in [7, 11) is 0. The SMILES string of the molecule is CC(NC(=O)C1CCCNC1)C(C)c1ccccc1. The molecule has 1 aliphatic rings. The maximum atomic E-state index is 12.2. The Balaban J connectivity index is 1.89. The number of rotatable bonds is 4. The van der Waals surface area contributed by atoms with E-state index in [1.54, 1.807) is 0 Å². The fourth-order valence-electron chi connectivity index (χ4n) is 2.59. The molecule has 0 aliphatic carbocycles. The van der Waals surface area contributed by atoms with Gasteiger partial charge in [0.25, 0.3) is 0 Å². The molecule has 0 bridgehead atoms. The molecule has 1 heterocycles. The van der Waals surface area contributed by atoms with Gasteiger partial charge >= 0.3 is 0 Å². The van der Waals surface area contributed by atoms with Crippen LogP contribution in [0.25, 0.3) is 0 Å². The Kier molecular flexibility index (Phi) is 4.97. The summed E-state index contributed by atoms with van der Waals surface area (Å²) < 4.78 is 0. The lowest BCUT2D eigenvalue weighted by Gasteiger charge is -2.27. The Labute approximate surface area is 115 Å². The van der Waals surface area contributed by atoms with Gasteiger partial charge in [-0.3, -0.25) is 4.79 Å². The third-order valence-electron chi connectivity index (χ3n) is 4.11. The van der Waals surface area contributed by atoms with E-state index in [1.807, 2.05) is 18.2 Å². The number of carbonyl (C=O) groups is 1. The van der Waals surface area contributed by atoms with Crippen molar-refractivity contribution in [1.82, 2.24) is 10.6 Å². The van der Waals surface area contributed by atoms with E-state index in [4.69, 9.17) is 0 Å². The maximum absolute atomic E-state index is 12.2. The number of carbonyl (C=O) groups excluding carboxylic acids is 1. The first kappa shape index (κ1) is 14.1. The third-order valence-corrected chi connectivity index (χ3v) is 4.11. The molecule has 3 nitrogen and oxygen atoms in total. The van der Waals surface area contributed by atoms with Gasteiger partial charge in [0.1, 0.15) is 0 Å². The van der Waals surface area contributed by atoms with Crippen molar-refractivity contribution in [3.05, 3.63) is 35.9 Å². The largest absolute Gasteiger partial charge is 0.353 e. The van der Waals surface area contributed by atoms with Gasteiger partial charge in [-0.15, -0.1) is 0 Å². The van der Waals surface area contributed by atoms with Crippen LogP contribution in [0.5, 0.6) is 0 Å². The van der Waals surface area contributed by atoms with Gasteiger partial charge in [0.05, 0.1) is 5.92 Å². The minimum atomic E-state index is 0.138. The van der Waals surface area contributed by atoms with Crippen molar-refractivity contribution in [2.45, 2.75) is 38.6 Å². The molecule has 1 aromatic carbocycles. The first-order valence-electron chi connectivity index (χ1n) is 7.24. The van der Waals surface area contributed by atoms with Gasteiger partial charge in [-0.1, -0.05) is 37.3 Å². The summed E-state index contributed by atoms with van der Waals surface area (Å²) in [6.07, 6.45) is 2.10. The molecule has 3 heteroatoms. The summed E-state index contributed by atoms with van der Waals surface area (Å²) in [5, 5.41) is 6.46. The van der Waals surface area contributed by atoms with Crippen LogP contribution in [0.1, 0.15) is 38.2 Å². The topological polar surface area (TPSA) is 41.1 Å². The van der Waals surface area contributed by atoms with E-state index < -0.39 is 0 Å². The molecule has 2 N–H and O–H groups in total. The molecule has 2 rings (SSSR count). The number of benzene rings is 1. The Bertz CT molecular complexity index is 398. The van der Waals surface area contributed by atoms with Crippen LogP contribution in [0.2, 0.25) is 0 Å². The highest BCUT2D eigenvalue weighted by molar-refractivity contribution is 5.79. The highest BCUT2D eigenvalue weighted by Gasteiger charge is 2.24. The predicted octanol–water partition coefficient (Wildman–Crippen LogP) is 2.29. The lowest BCUT2D eigenvalue weighted by molar-refractivity contribution is -0.126. The van der Waals surface area contributed by atoms with Gasteiger partial charge in [0.15, 0.2) is 0 Å². The molecular weight excluding hydrogens is 236 g/mol.